The Balaban J connectivity index is 1.49. The first-order valence-electron chi connectivity index (χ1n) is 14.3. The molecule has 5 rings (SSSR count). The van der Waals surface area contributed by atoms with Gasteiger partial charge in [0.15, 0.2) is 0 Å². The zero-order chi connectivity index (χ0) is 29.5. The SMILES string of the molecule is CC1=C(C(=O)N[C@H](c2cccc(F)c2)C2CCC2)c2cccc(F)c2CN1C(=O)C1CCCN1C(=O)OC(C)(C)C. The van der Waals surface area contributed by atoms with Crippen molar-refractivity contribution in [2.75, 3.05) is 6.54 Å². The first-order chi connectivity index (χ1) is 19.4. The molecule has 1 unspecified atom stereocenters. The van der Waals surface area contributed by atoms with E-state index in [4.69, 9.17) is 4.74 Å². The number of allylic oxidation sites excluding steroid dienone is 1. The maximum atomic E-state index is 15.2. The van der Waals surface area contributed by atoms with Crippen molar-refractivity contribution in [2.24, 2.45) is 5.92 Å². The molecule has 2 aliphatic heterocycles. The van der Waals surface area contributed by atoms with Gasteiger partial charge in [-0.1, -0.05) is 30.7 Å². The van der Waals surface area contributed by atoms with E-state index in [0.717, 1.165) is 19.3 Å². The lowest BCUT2D eigenvalue weighted by molar-refractivity contribution is -0.134. The lowest BCUT2D eigenvalue weighted by atomic mass is 9.77. The molecule has 218 valence electrons. The van der Waals surface area contributed by atoms with Crippen LogP contribution in [0, 0.1) is 17.6 Å². The summed E-state index contributed by atoms with van der Waals surface area (Å²) in [4.78, 5) is 43.7. The van der Waals surface area contributed by atoms with Crippen LogP contribution >= 0.6 is 0 Å². The van der Waals surface area contributed by atoms with Gasteiger partial charge in [0.05, 0.1) is 18.2 Å². The van der Waals surface area contributed by atoms with Gasteiger partial charge in [0.2, 0.25) is 5.91 Å². The van der Waals surface area contributed by atoms with Crippen molar-refractivity contribution in [3.05, 3.63) is 76.5 Å². The molecule has 1 saturated carbocycles. The molecule has 0 bridgehead atoms. The Labute approximate surface area is 239 Å². The summed E-state index contributed by atoms with van der Waals surface area (Å²) in [5, 5.41) is 3.10. The topological polar surface area (TPSA) is 79.0 Å². The van der Waals surface area contributed by atoms with E-state index in [-0.39, 0.29) is 35.3 Å². The molecular weight excluding hydrogens is 528 g/mol. The van der Waals surface area contributed by atoms with Crippen molar-refractivity contribution in [1.29, 1.82) is 0 Å². The Hall–Kier alpha value is -3.75. The number of amides is 3. The second-order valence-corrected chi connectivity index (χ2v) is 12.2. The predicted molar refractivity (Wildman–Crippen MR) is 150 cm³/mol. The van der Waals surface area contributed by atoms with Gasteiger partial charge in [-0.3, -0.25) is 14.5 Å². The summed E-state index contributed by atoms with van der Waals surface area (Å²) in [5.74, 6) is -1.59. The first-order valence-corrected chi connectivity index (χ1v) is 14.3. The number of nitrogens with zero attached hydrogens (tertiary/aromatic N) is 2. The summed E-state index contributed by atoms with van der Waals surface area (Å²) in [6, 6.07) is 9.54. The zero-order valence-electron chi connectivity index (χ0n) is 24.0. The van der Waals surface area contributed by atoms with E-state index in [9.17, 15) is 18.8 Å². The molecule has 0 spiro atoms. The number of halogens is 2. The fraction of sp³-hybridized carbons (Fsp3) is 0.469. The fourth-order valence-corrected chi connectivity index (χ4v) is 5.99. The van der Waals surface area contributed by atoms with Crippen LogP contribution in [0.25, 0.3) is 5.57 Å². The van der Waals surface area contributed by atoms with E-state index in [1.54, 1.807) is 52.0 Å². The number of hydrogen-bond donors (Lipinski definition) is 1. The maximum Gasteiger partial charge on any atom is 0.410 e. The molecule has 3 aliphatic rings. The predicted octanol–water partition coefficient (Wildman–Crippen LogP) is 6.10. The minimum absolute atomic E-state index is 0.0575. The number of hydrogen-bond acceptors (Lipinski definition) is 4. The summed E-state index contributed by atoms with van der Waals surface area (Å²) < 4.78 is 34.9. The third-order valence-corrected chi connectivity index (χ3v) is 8.25. The molecule has 1 saturated heterocycles. The quantitative estimate of drug-likeness (QED) is 0.476. The highest BCUT2D eigenvalue weighted by Gasteiger charge is 2.42. The van der Waals surface area contributed by atoms with Gasteiger partial charge in [-0.05, 0) is 88.6 Å². The molecular formula is C32H37F2N3O4. The molecule has 0 radical (unpaired) electrons. The molecule has 2 aromatic carbocycles. The number of ether oxygens (including phenoxy) is 1. The number of carbonyl (C=O) groups excluding carboxylic acids is 3. The Morgan fingerprint density at radius 2 is 1.76 bits per heavy atom. The second-order valence-electron chi connectivity index (χ2n) is 12.2. The van der Waals surface area contributed by atoms with Gasteiger partial charge in [0.1, 0.15) is 23.3 Å². The van der Waals surface area contributed by atoms with Gasteiger partial charge in [0.25, 0.3) is 5.91 Å². The summed E-state index contributed by atoms with van der Waals surface area (Å²) in [7, 11) is 0. The maximum absolute atomic E-state index is 15.2. The molecule has 1 aliphatic carbocycles. The largest absolute Gasteiger partial charge is 0.444 e. The minimum atomic E-state index is -0.785. The van der Waals surface area contributed by atoms with Crippen LogP contribution < -0.4 is 5.32 Å². The van der Waals surface area contributed by atoms with Crippen molar-refractivity contribution in [3.8, 4) is 0 Å². The number of benzene rings is 2. The zero-order valence-corrected chi connectivity index (χ0v) is 24.0. The van der Waals surface area contributed by atoms with Gasteiger partial charge < -0.3 is 15.0 Å². The van der Waals surface area contributed by atoms with Gasteiger partial charge in [-0.15, -0.1) is 0 Å². The van der Waals surface area contributed by atoms with E-state index < -0.39 is 35.5 Å². The van der Waals surface area contributed by atoms with Gasteiger partial charge in [-0.25, -0.2) is 13.6 Å². The monoisotopic (exact) mass is 565 g/mol. The lowest BCUT2D eigenvalue weighted by Gasteiger charge is -2.37. The summed E-state index contributed by atoms with van der Waals surface area (Å²) in [6.07, 6.45) is 3.32. The van der Waals surface area contributed by atoms with Crippen molar-refractivity contribution in [3.63, 3.8) is 0 Å². The standard InChI is InChI=1S/C32H37F2N3O4/c1-19-27(29(38)35-28(20-9-5-10-20)21-11-6-12-22(33)17-21)23-13-7-14-25(34)24(23)18-37(19)30(39)26-15-8-16-36(26)31(40)41-32(2,3)4/h6-7,11-14,17,20,26,28H,5,8-10,15-16,18H2,1-4H3,(H,35,38)/t26?,28-/m0/s1. The van der Waals surface area contributed by atoms with Crippen molar-refractivity contribution in [2.45, 2.75) is 84.0 Å². The molecule has 7 nitrogen and oxygen atoms in total. The summed E-state index contributed by atoms with van der Waals surface area (Å²) in [5.41, 5.74) is 1.19. The molecule has 3 amide bonds. The number of likely N-dealkylation sites (tertiary alicyclic amines) is 1. The molecule has 41 heavy (non-hydrogen) atoms. The highest BCUT2D eigenvalue weighted by atomic mass is 19.1. The molecule has 9 heteroatoms. The first kappa shape index (κ1) is 28.8. The average Bonchev–Trinajstić information content (AvgIpc) is 3.36. The molecule has 2 atom stereocenters. The van der Waals surface area contributed by atoms with Gasteiger partial charge in [-0.2, -0.15) is 0 Å². The number of nitrogens with one attached hydrogen (secondary N) is 1. The van der Waals surface area contributed by atoms with Crippen molar-refractivity contribution >= 4 is 23.5 Å². The van der Waals surface area contributed by atoms with Gasteiger partial charge >= 0.3 is 6.09 Å². The van der Waals surface area contributed by atoms with E-state index in [1.165, 1.54) is 28.0 Å². The second kappa shape index (κ2) is 11.3. The van der Waals surface area contributed by atoms with Crippen LogP contribution in [0.15, 0.2) is 48.2 Å². The van der Waals surface area contributed by atoms with Crippen LogP contribution in [0.3, 0.4) is 0 Å². The Bertz CT molecular complexity index is 1400. The van der Waals surface area contributed by atoms with Crippen LogP contribution in [-0.2, 0) is 20.9 Å². The highest BCUT2D eigenvalue weighted by molar-refractivity contribution is 6.21. The number of carbonyl (C=O) groups is 3. The van der Waals surface area contributed by atoms with Crippen LogP contribution in [0.1, 0.15) is 82.5 Å². The Kier molecular flexibility index (Phi) is 7.90. The third-order valence-electron chi connectivity index (χ3n) is 8.25. The third kappa shape index (κ3) is 5.85. The van der Waals surface area contributed by atoms with Crippen molar-refractivity contribution < 1.29 is 27.9 Å². The smallest absolute Gasteiger partial charge is 0.410 e. The highest BCUT2D eigenvalue weighted by Crippen LogP contribution is 2.40. The molecule has 0 aromatic heterocycles. The Morgan fingerprint density at radius 1 is 1.02 bits per heavy atom. The van der Waals surface area contributed by atoms with E-state index in [2.05, 4.69) is 5.32 Å². The Morgan fingerprint density at radius 3 is 2.41 bits per heavy atom. The van der Waals surface area contributed by atoms with Gasteiger partial charge in [0, 0.05) is 17.8 Å². The molecule has 2 fully saturated rings. The number of rotatable bonds is 5. The normalized spacial score (nSPS) is 19.9. The summed E-state index contributed by atoms with van der Waals surface area (Å²) in [6.45, 7) is 7.28. The van der Waals surface area contributed by atoms with E-state index in [1.807, 2.05) is 0 Å². The number of fused-ring (bicyclic) bond motifs is 1. The summed E-state index contributed by atoms with van der Waals surface area (Å²) >= 11 is 0. The minimum Gasteiger partial charge on any atom is -0.444 e. The van der Waals surface area contributed by atoms with Crippen molar-refractivity contribution in [1.82, 2.24) is 15.1 Å². The van der Waals surface area contributed by atoms with Crippen LogP contribution in [0.2, 0.25) is 0 Å². The van der Waals surface area contributed by atoms with Crippen LogP contribution in [-0.4, -0.2) is 45.9 Å². The molecule has 2 aromatic rings. The van der Waals surface area contributed by atoms with E-state index in [0.29, 0.717) is 36.2 Å². The lowest BCUT2D eigenvalue weighted by Crippen LogP contribution is -2.49. The average molecular weight is 566 g/mol. The van der Waals surface area contributed by atoms with E-state index >= 15 is 4.39 Å². The van der Waals surface area contributed by atoms with Crippen LogP contribution in [0.5, 0.6) is 0 Å². The molecule has 2 heterocycles. The molecule has 1 N–H and O–H groups in total. The van der Waals surface area contributed by atoms with Crippen LogP contribution in [0.4, 0.5) is 13.6 Å². The fourth-order valence-electron chi connectivity index (χ4n) is 5.99.